The predicted molar refractivity (Wildman–Crippen MR) is 75.2 cm³/mol. The minimum absolute atomic E-state index is 0.750. The maximum Gasteiger partial charge on any atom is 0.231 e. The lowest BCUT2D eigenvalue weighted by atomic mass is 10.1. The van der Waals surface area contributed by atoms with Crippen LogP contribution in [0.1, 0.15) is 90.9 Å². The molecule has 0 radical (unpaired) electrons. The fourth-order valence-corrected chi connectivity index (χ4v) is 1.91. The van der Waals surface area contributed by atoms with Crippen LogP contribution >= 0.6 is 0 Å². The molecule has 2 nitrogen and oxygen atoms in total. The zero-order chi connectivity index (χ0) is 13.2. The Balaban J connectivity index is 0. The van der Waals surface area contributed by atoms with Gasteiger partial charge in [-0.15, -0.1) is 0 Å². The Bertz CT molecular complexity index is 139. The smallest absolute Gasteiger partial charge is 0.222 e. The molecule has 0 fully saturated rings. The number of unbranched alkanes of at least 4 members (excludes halogenated alkanes) is 11. The van der Waals surface area contributed by atoms with Crippen molar-refractivity contribution in [3.05, 3.63) is 0 Å². The first-order chi connectivity index (χ1) is 8.33. The van der Waals surface area contributed by atoms with Crippen LogP contribution in [-0.2, 0) is 4.79 Å². The van der Waals surface area contributed by atoms with Crippen LogP contribution in [0.5, 0.6) is 0 Å². The number of carbonyl (C=O) groups excluding carboxylic acids is 1. The van der Waals surface area contributed by atoms with E-state index in [1.54, 1.807) is 0 Å². The third-order valence-corrected chi connectivity index (χ3v) is 2.96. The van der Waals surface area contributed by atoms with Gasteiger partial charge in [0.2, 0.25) is 6.08 Å². The molecule has 0 saturated heterocycles. The van der Waals surface area contributed by atoms with E-state index in [1.807, 2.05) is 0 Å². The van der Waals surface area contributed by atoms with Crippen LogP contribution in [-0.4, -0.2) is 6.08 Å². The van der Waals surface area contributed by atoms with Crippen LogP contribution in [0.25, 0.3) is 0 Å². The Morgan fingerprint density at radius 1 is 0.647 bits per heavy atom. The lowest BCUT2D eigenvalue weighted by Gasteiger charge is -2.01. The van der Waals surface area contributed by atoms with Gasteiger partial charge in [-0.2, -0.15) is 0 Å². The monoisotopic (exact) mass is 241 g/mol. The normalized spacial score (nSPS) is 9.29. The molecule has 0 aliphatic heterocycles. The lowest BCUT2D eigenvalue weighted by molar-refractivity contribution is 0.548. The van der Waals surface area contributed by atoms with Gasteiger partial charge in [0.05, 0.1) is 0 Å². The summed E-state index contributed by atoms with van der Waals surface area (Å²) in [6.07, 6.45) is 18.2. The minimum atomic E-state index is 0.750. The second-order valence-electron chi connectivity index (χ2n) is 4.64. The molecule has 0 atom stereocenters. The molecular weight excluding hydrogens is 210 g/mol. The summed E-state index contributed by atoms with van der Waals surface area (Å²) in [4.78, 5) is 8.35. The van der Waals surface area contributed by atoms with E-state index >= 15 is 0 Å². The van der Waals surface area contributed by atoms with Gasteiger partial charge < -0.3 is 0 Å². The van der Waals surface area contributed by atoms with E-state index in [9.17, 15) is 0 Å². The van der Waals surface area contributed by atoms with Crippen molar-refractivity contribution in [2.24, 2.45) is 0 Å². The predicted octanol–water partition coefficient (Wildman–Crippen LogP) is 5.61. The van der Waals surface area contributed by atoms with Gasteiger partial charge in [0.25, 0.3) is 0 Å². The summed E-state index contributed by atoms with van der Waals surface area (Å²) in [6.45, 7) is 4.57. The van der Waals surface area contributed by atoms with Gasteiger partial charge in [0.1, 0.15) is 0 Å². The maximum atomic E-state index is 8.35. The Labute approximate surface area is 108 Å². The highest BCUT2D eigenvalue weighted by Gasteiger charge is 1.91. The molecule has 0 unspecified atom stereocenters. The second-order valence-corrected chi connectivity index (χ2v) is 4.64. The maximum absolute atomic E-state index is 8.35. The van der Waals surface area contributed by atoms with Crippen molar-refractivity contribution in [1.82, 2.24) is 0 Å². The van der Waals surface area contributed by atoms with E-state index in [0.29, 0.717) is 0 Å². The van der Waals surface area contributed by atoms with Gasteiger partial charge in [-0.25, -0.2) is 10.2 Å². The average Bonchev–Trinajstić information content (AvgIpc) is 2.33. The SMILES string of the molecule is CCCCCCCCCCCCCC.N=C=O. The van der Waals surface area contributed by atoms with Gasteiger partial charge in [-0.05, 0) is 0 Å². The molecule has 0 saturated carbocycles. The summed E-state index contributed by atoms with van der Waals surface area (Å²) in [5.41, 5.74) is 0. The van der Waals surface area contributed by atoms with E-state index < -0.39 is 0 Å². The summed E-state index contributed by atoms with van der Waals surface area (Å²) in [5.74, 6) is 0. The van der Waals surface area contributed by atoms with Crippen molar-refractivity contribution in [1.29, 1.82) is 5.41 Å². The molecular formula is C15H31NO. The van der Waals surface area contributed by atoms with Crippen molar-refractivity contribution in [3.8, 4) is 0 Å². The number of rotatable bonds is 11. The molecule has 0 aromatic rings. The third kappa shape index (κ3) is 25.6. The zero-order valence-electron chi connectivity index (χ0n) is 11.9. The van der Waals surface area contributed by atoms with E-state index in [4.69, 9.17) is 10.2 Å². The number of hydrogen-bond donors (Lipinski definition) is 1. The average molecular weight is 241 g/mol. The first kappa shape index (κ1) is 18.7. The lowest BCUT2D eigenvalue weighted by Crippen LogP contribution is -1.81. The highest BCUT2D eigenvalue weighted by molar-refractivity contribution is 5.26. The standard InChI is InChI=1S/C14H30.CHNO/c1-3-5-7-9-11-13-14-12-10-8-6-4-2;2-1-3/h3-14H2,1-2H3;2H. The van der Waals surface area contributed by atoms with E-state index in [1.165, 1.54) is 77.0 Å². The first-order valence-electron chi connectivity index (χ1n) is 7.37. The highest BCUT2D eigenvalue weighted by atomic mass is 16.1. The summed E-state index contributed by atoms with van der Waals surface area (Å²) in [7, 11) is 0. The molecule has 0 aromatic heterocycles. The second kappa shape index (κ2) is 20.8. The first-order valence-corrected chi connectivity index (χ1v) is 7.37. The molecule has 17 heavy (non-hydrogen) atoms. The summed E-state index contributed by atoms with van der Waals surface area (Å²) < 4.78 is 0. The molecule has 102 valence electrons. The zero-order valence-corrected chi connectivity index (χ0v) is 11.9. The van der Waals surface area contributed by atoms with Crippen molar-refractivity contribution >= 4 is 6.08 Å². The van der Waals surface area contributed by atoms with Crippen LogP contribution in [0.15, 0.2) is 0 Å². The van der Waals surface area contributed by atoms with Crippen molar-refractivity contribution in [2.75, 3.05) is 0 Å². The van der Waals surface area contributed by atoms with Crippen LogP contribution in [0.3, 0.4) is 0 Å². The highest BCUT2D eigenvalue weighted by Crippen LogP contribution is 2.11. The molecule has 0 amide bonds. The van der Waals surface area contributed by atoms with E-state index in [-0.39, 0.29) is 0 Å². The molecule has 0 aliphatic carbocycles. The Kier molecular flexibility index (Phi) is 22.9. The molecule has 2 heteroatoms. The van der Waals surface area contributed by atoms with Crippen LogP contribution in [0.4, 0.5) is 0 Å². The largest absolute Gasteiger partial charge is 0.231 e. The summed E-state index contributed by atoms with van der Waals surface area (Å²) in [5, 5.41) is 5.40. The molecule has 0 aromatic carbocycles. The Morgan fingerprint density at radius 2 is 0.824 bits per heavy atom. The van der Waals surface area contributed by atoms with Crippen LogP contribution in [0.2, 0.25) is 0 Å². The van der Waals surface area contributed by atoms with Gasteiger partial charge in [0, 0.05) is 0 Å². The Morgan fingerprint density at radius 3 is 1.00 bits per heavy atom. The van der Waals surface area contributed by atoms with Crippen molar-refractivity contribution in [3.63, 3.8) is 0 Å². The molecule has 0 rings (SSSR count). The molecule has 0 bridgehead atoms. The fourth-order valence-electron chi connectivity index (χ4n) is 1.91. The third-order valence-electron chi connectivity index (χ3n) is 2.96. The number of hydrogen-bond acceptors (Lipinski definition) is 2. The minimum Gasteiger partial charge on any atom is -0.222 e. The molecule has 0 aliphatic rings. The molecule has 1 N–H and O–H groups in total. The van der Waals surface area contributed by atoms with Gasteiger partial charge >= 0.3 is 0 Å². The quantitative estimate of drug-likeness (QED) is 0.285. The van der Waals surface area contributed by atoms with Crippen LogP contribution in [0, 0.1) is 5.41 Å². The summed E-state index contributed by atoms with van der Waals surface area (Å²) in [6, 6.07) is 0. The van der Waals surface area contributed by atoms with Gasteiger partial charge in [0.15, 0.2) is 0 Å². The Hall–Kier alpha value is -0.620. The summed E-state index contributed by atoms with van der Waals surface area (Å²) >= 11 is 0. The van der Waals surface area contributed by atoms with Gasteiger partial charge in [-0.3, -0.25) is 0 Å². The van der Waals surface area contributed by atoms with Crippen LogP contribution < -0.4 is 0 Å². The van der Waals surface area contributed by atoms with Crippen molar-refractivity contribution in [2.45, 2.75) is 90.9 Å². The van der Waals surface area contributed by atoms with E-state index in [2.05, 4.69) is 13.8 Å². The van der Waals surface area contributed by atoms with Crippen molar-refractivity contribution < 1.29 is 4.79 Å². The number of isocyanates is 1. The molecule has 0 heterocycles. The number of nitrogens with one attached hydrogen (secondary N) is 1. The topological polar surface area (TPSA) is 40.9 Å². The van der Waals surface area contributed by atoms with Gasteiger partial charge in [-0.1, -0.05) is 90.9 Å². The van der Waals surface area contributed by atoms with E-state index in [0.717, 1.165) is 6.08 Å². The fraction of sp³-hybridized carbons (Fsp3) is 0.933. The molecule has 0 spiro atoms.